The zero-order chi connectivity index (χ0) is 11.1. The summed E-state index contributed by atoms with van der Waals surface area (Å²) in [5, 5.41) is 9.05. The van der Waals surface area contributed by atoms with Crippen LogP contribution < -0.4 is 0 Å². The first-order valence-electron chi connectivity index (χ1n) is 5.27. The van der Waals surface area contributed by atoms with Crippen LogP contribution in [0.3, 0.4) is 0 Å². The number of hydrogen-bond acceptors (Lipinski definition) is 2. The van der Waals surface area contributed by atoms with Gasteiger partial charge in [-0.3, -0.25) is 4.79 Å². The van der Waals surface area contributed by atoms with Crippen LogP contribution in [0.2, 0.25) is 0 Å². The zero-order valence-electron chi connectivity index (χ0n) is 8.51. The van der Waals surface area contributed by atoms with Gasteiger partial charge in [-0.2, -0.15) is 0 Å². The number of nitrogens with zero attached hydrogens (tertiary/aromatic N) is 1. The first-order valence-corrected chi connectivity index (χ1v) is 5.27. The molecule has 5 heteroatoms. The minimum absolute atomic E-state index is 0.136. The van der Waals surface area contributed by atoms with Gasteiger partial charge in [0.15, 0.2) is 0 Å². The van der Waals surface area contributed by atoms with E-state index >= 15 is 0 Å². The molecule has 1 aliphatic carbocycles. The van der Waals surface area contributed by atoms with E-state index in [1.54, 1.807) is 0 Å². The Balaban J connectivity index is 2.02. The van der Waals surface area contributed by atoms with E-state index in [9.17, 15) is 13.6 Å². The van der Waals surface area contributed by atoms with Crippen molar-refractivity contribution in [2.75, 3.05) is 19.7 Å². The van der Waals surface area contributed by atoms with Crippen molar-refractivity contribution >= 4 is 5.91 Å². The lowest BCUT2D eigenvalue weighted by molar-refractivity contribution is -0.148. The molecule has 0 aromatic carbocycles. The second kappa shape index (κ2) is 3.40. The number of piperidine rings is 1. The Hall–Kier alpha value is -0.710. The number of carbonyl (C=O) groups is 1. The highest BCUT2D eigenvalue weighted by atomic mass is 19.3. The smallest absolute Gasteiger partial charge is 0.265 e. The fourth-order valence-electron chi connectivity index (χ4n) is 2.07. The first-order chi connectivity index (χ1) is 6.99. The summed E-state index contributed by atoms with van der Waals surface area (Å²) in [5.41, 5.74) is -0.715. The maximum Gasteiger partial charge on any atom is 0.265 e. The number of rotatable bonds is 2. The standard InChI is InChI=1S/C10H15F2NO2/c11-10(12)2-1-5-13(6-10)8(15)9(7-14)3-4-9/h14H,1-7H2. The van der Waals surface area contributed by atoms with Crippen LogP contribution in [0.5, 0.6) is 0 Å². The lowest BCUT2D eigenvalue weighted by Crippen LogP contribution is -2.49. The lowest BCUT2D eigenvalue weighted by Gasteiger charge is -2.34. The second-order valence-electron chi connectivity index (χ2n) is 4.62. The number of likely N-dealkylation sites (tertiary alicyclic amines) is 1. The van der Waals surface area contributed by atoms with Gasteiger partial charge in [0.1, 0.15) is 0 Å². The van der Waals surface area contributed by atoms with Gasteiger partial charge in [0.05, 0.1) is 18.6 Å². The second-order valence-corrected chi connectivity index (χ2v) is 4.62. The van der Waals surface area contributed by atoms with Crippen LogP contribution in [0.1, 0.15) is 25.7 Å². The average molecular weight is 219 g/mol. The summed E-state index contributed by atoms with van der Waals surface area (Å²) in [6.07, 6.45) is 1.47. The molecule has 0 atom stereocenters. The number of aliphatic hydroxyl groups excluding tert-OH is 1. The van der Waals surface area contributed by atoms with Crippen LogP contribution in [-0.2, 0) is 4.79 Å². The minimum atomic E-state index is -2.75. The number of alkyl halides is 2. The van der Waals surface area contributed by atoms with E-state index in [1.807, 2.05) is 0 Å². The topological polar surface area (TPSA) is 40.5 Å². The van der Waals surface area contributed by atoms with E-state index in [0.717, 1.165) is 0 Å². The van der Waals surface area contributed by atoms with Gasteiger partial charge in [0.25, 0.3) is 5.92 Å². The summed E-state index contributed by atoms with van der Waals surface area (Å²) in [7, 11) is 0. The molecule has 0 radical (unpaired) electrons. The third kappa shape index (κ3) is 1.97. The molecule has 1 saturated carbocycles. The van der Waals surface area contributed by atoms with Gasteiger partial charge in [-0.25, -0.2) is 8.78 Å². The van der Waals surface area contributed by atoms with Gasteiger partial charge < -0.3 is 10.0 Å². The van der Waals surface area contributed by atoms with E-state index in [1.165, 1.54) is 4.90 Å². The quantitative estimate of drug-likeness (QED) is 0.753. The molecule has 1 aliphatic heterocycles. The lowest BCUT2D eigenvalue weighted by atomic mass is 10.0. The van der Waals surface area contributed by atoms with Gasteiger partial charge in [0, 0.05) is 13.0 Å². The maximum absolute atomic E-state index is 13.1. The van der Waals surface area contributed by atoms with Crippen molar-refractivity contribution in [3.8, 4) is 0 Å². The predicted molar refractivity (Wildman–Crippen MR) is 49.5 cm³/mol. The zero-order valence-corrected chi connectivity index (χ0v) is 8.51. The van der Waals surface area contributed by atoms with E-state index in [-0.39, 0.29) is 18.9 Å². The molecule has 3 nitrogen and oxygen atoms in total. The van der Waals surface area contributed by atoms with Crippen molar-refractivity contribution in [1.82, 2.24) is 4.90 Å². The largest absolute Gasteiger partial charge is 0.395 e. The predicted octanol–water partition coefficient (Wildman–Crippen LogP) is 1.02. The van der Waals surface area contributed by atoms with Crippen LogP contribution >= 0.6 is 0 Å². The number of amides is 1. The Morgan fingerprint density at radius 3 is 2.47 bits per heavy atom. The highest BCUT2D eigenvalue weighted by Crippen LogP contribution is 2.47. The highest BCUT2D eigenvalue weighted by Gasteiger charge is 2.53. The molecule has 0 unspecified atom stereocenters. The molecule has 0 spiro atoms. The fraction of sp³-hybridized carbons (Fsp3) is 0.900. The third-order valence-electron chi connectivity index (χ3n) is 3.29. The summed E-state index contributed by atoms with van der Waals surface area (Å²) < 4.78 is 26.1. The molecular weight excluding hydrogens is 204 g/mol. The van der Waals surface area contributed by atoms with Crippen molar-refractivity contribution in [2.24, 2.45) is 5.41 Å². The number of aliphatic hydroxyl groups is 1. The van der Waals surface area contributed by atoms with Crippen molar-refractivity contribution in [2.45, 2.75) is 31.6 Å². The van der Waals surface area contributed by atoms with E-state index in [0.29, 0.717) is 25.8 Å². The van der Waals surface area contributed by atoms with E-state index < -0.39 is 17.9 Å². The van der Waals surface area contributed by atoms with Crippen molar-refractivity contribution in [3.05, 3.63) is 0 Å². The molecule has 1 N–H and O–H groups in total. The molecule has 2 fully saturated rings. The summed E-state index contributed by atoms with van der Waals surface area (Å²) in [6, 6.07) is 0. The molecule has 15 heavy (non-hydrogen) atoms. The summed E-state index contributed by atoms with van der Waals surface area (Å²) >= 11 is 0. The summed E-state index contributed by atoms with van der Waals surface area (Å²) in [5.74, 6) is -3.04. The van der Waals surface area contributed by atoms with Crippen molar-refractivity contribution in [1.29, 1.82) is 0 Å². The molecule has 0 bridgehead atoms. The molecule has 0 aromatic rings. The van der Waals surface area contributed by atoms with Crippen LogP contribution in [-0.4, -0.2) is 41.5 Å². The number of carbonyl (C=O) groups excluding carboxylic acids is 1. The van der Waals surface area contributed by atoms with Gasteiger partial charge in [-0.15, -0.1) is 0 Å². The summed E-state index contributed by atoms with van der Waals surface area (Å²) in [4.78, 5) is 13.0. The fourth-order valence-corrected chi connectivity index (χ4v) is 2.07. The van der Waals surface area contributed by atoms with E-state index in [4.69, 9.17) is 5.11 Å². The molecule has 86 valence electrons. The molecule has 1 amide bonds. The number of halogens is 2. The molecular formula is C10H15F2NO2. The third-order valence-corrected chi connectivity index (χ3v) is 3.29. The van der Waals surface area contributed by atoms with Gasteiger partial charge in [-0.05, 0) is 19.3 Å². The Labute approximate surface area is 87.1 Å². The Morgan fingerprint density at radius 2 is 2.00 bits per heavy atom. The minimum Gasteiger partial charge on any atom is -0.395 e. The van der Waals surface area contributed by atoms with Crippen LogP contribution in [0.15, 0.2) is 0 Å². The number of hydrogen-bond donors (Lipinski definition) is 1. The van der Waals surface area contributed by atoms with Gasteiger partial charge in [0.2, 0.25) is 5.91 Å². The van der Waals surface area contributed by atoms with E-state index in [2.05, 4.69) is 0 Å². The van der Waals surface area contributed by atoms with Gasteiger partial charge in [-0.1, -0.05) is 0 Å². The molecule has 2 rings (SSSR count). The molecule has 0 aromatic heterocycles. The highest BCUT2D eigenvalue weighted by molar-refractivity contribution is 5.85. The Bertz CT molecular complexity index is 277. The Kier molecular flexibility index (Phi) is 2.45. The molecule has 2 aliphatic rings. The first kappa shape index (κ1) is 10.8. The maximum atomic E-state index is 13.1. The van der Waals surface area contributed by atoms with Crippen LogP contribution in [0, 0.1) is 5.41 Å². The van der Waals surface area contributed by atoms with Crippen LogP contribution in [0.4, 0.5) is 8.78 Å². The van der Waals surface area contributed by atoms with Gasteiger partial charge >= 0.3 is 0 Å². The molecule has 1 saturated heterocycles. The monoisotopic (exact) mass is 219 g/mol. The average Bonchev–Trinajstić information content (AvgIpc) is 2.96. The summed E-state index contributed by atoms with van der Waals surface area (Å²) in [6.45, 7) is -0.294. The molecule has 1 heterocycles. The Morgan fingerprint density at radius 1 is 1.33 bits per heavy atom. The van der Waals surface area contributed by atoms with Crippen molar-refractivity contribution in [3.63, 3.8) is 0 Å². The van der Waals surface area contributed by atoms with Crippen molar-refractivity contribution < 1.29 is 18.7 Å². The SMILES string of the molecule is O=C(N1CCCC(F)(F)C1)C1(CO)CC1. The normalized spacial score (nSPS) is 27.5. The van der Waals surface area contributed by atoms with Crippen LogP contribution in [0.25, 0.3) is 0 Å².